The molecule has 0 heterocycles. The summed E-state index contributed by atoms with van der Waals surface area (Å²) in [5.74, 6) is -0.432. The van der Waals surface area contributed by atoms with Gasteiger partial charge in [-0.05, 0) is 55.3 Å². The van der Waals surface area contributed by atoms with Gasteiger partial charge in [-0.2, -0.15) is 0 Å². The third-order valence-corrected chi connectivity index (χ3v) is 4.84. The van der Waals surface area contributed by atoms with Gasteiger partial charge in [-0.15, -0.1) is 0 Å². The molecule has 0 radical (unpaired) electrons. The summed E-state index contributed by atoms with van der Waals surface area (Å²) in [5.41, 5.74) is 7.42. The SMILES string of the molecule is Cc1cc(F)ccc1NS(=O)(=O)c1cc(N)c(C)c(Cl)c1. The van der Waals surface area contributed by atoms with Gasteiger partial charge >= 0.3 is 0 Å². The monoisotopic (exact) mass is 328 g/mol. The highest BCUT2D eigenvalue weighted by Crippen LogP contribution is 2.27. The van der Waals surface area contributed by atoms with Crippen molar-refractivity contribution in [1.29, 1.82) is 0 Å². The van der Waals surface area contributed by atoms with Crippen LogP contribution < -0.4 is 10.5 Å². The molecular formula is C14H14ClFN2O2S. The Morgan fingerprint density at radius 3 is 2.43 bits per heavy atom. The summed E-state index contributed by atoms with van der Waals surface area (Å²) in [6, 6.07) is 6.45. The average Bonchev–Trinajstić information content (AvgIpc) is 2.38. The molecule has 7 heteroatoms. The number of rotatable bonds is 3. The molecule has 0 atom stereocenters. The molecule has 0 saturated heterocycles. The van der Waals surface area contributed by atoms with E-state index >= 15 is 0 Å². The Labute approximate surface area is 127 Å². The van der Waals surface area contributed by atoms with E-state index in [1.165, 1.54) is 30.3 Å². The molecule has 0 amide bonds. The van der Waals surface area contributed by atoms with Crippen LogP contribution in [0, 0.1) is 19.7 Å². The lowest BCUT2D eigenvalue weighted by Gasteiger charge is -2.12. The zero-order chi connectivity index (χ0) is 15.8. The Kier molecular flexibility index (Phi) is 4.11. The fourth-order valence-electron chi connectivity index (χ4n) is 1.77. The number of hydrogen-bond donors (Lipinski definition) is 2. The normalized spacial score (nSPS) is 11.4. The van der Waals surface area contributed by atoms with E-state index in [4.69, 9.17) is 17.3 Å². The minimum Gasteiger partial charge on any atom is -0.398 e. The molecule has 4 nitrogen and oxygen atoms in total. The van der Waals surface area contributed by atoms with Gasteiger partial charge in [-0.25, -0.2) is 12.8 Å². The maximum Gasteiger partial charge on any atom is 0.262 e. The fraction of sp³-hybridized carbons (Fsp3) is 0.143. The van der Waals surface area contributed by atoms with E-state index in [0.29, 0.717) is 22.5 Å². The number of benzene rings is 2. The summed E-state index contributed by atoms with van der Waals surface area (Å²) in [6.07, 6.45) is 0. The summed E-state index contributed by atoms with van der Waals surface area (Å²) in [5, 5.41) is 0.270. The fourth-order valence-corrected chi connectivity index (χ4v) is 3.26. The van der Waals surface area contributed by atoms with Crippen LogP contribution in [0.3, 0.4) is 0 Å². The Bertz CT molecular complexity index is 784. The van der Waals surface area contributed by atoms with Crippen LogP contribution in [0.4, 0.5) is 15.8 Å². The summed E-state index contributed by atoms with van der Waals surface area (Å²) in [7, 11) is -3.85. The van der Waals surface area contributed by atoms with Crippen molar-refractivity contribution in [2.45, 2.75) is 18.7 Å². The quantitative estimate of drug-likeness (QED) is 0.847. The molecule has 0 aliphatic heterocycles. The van der Waals surface area contributed by atoms with E-state index in [2.05, 4.69) is 4.72 Å². The van der Waals surface area contributed by atoms with Crippen molar-refractivity contribution in [3.63, 3.8) is 0 Å². The molecule has 0 aliphatic carbocycles. The van der Waals surface area contributed by atoms with E-state index in [1.54, 1.807) is 13.8 Å². The first kappa shape index (κ1) is 15.6. The van der Waals surface area contributed by atoms with Crippen molar-refractivity contribution in [1.82, 2.24) is 0 Å². The van der Waals surface area contributed by atoms with Gasteiger partial charge in [-0.1, -0.05) is 11.6 Å². The van der Waals surface area contributed by atoms with Gasteiger partial charge in [0.2, 0.25) is 0 Å². The van der Waals surface area contributed by atoms with E-state index < -0.39 is 15.8 Å². The second kappa shape index (κ2) is 5.54. The number of anilines is 2. The second-order valence-electron chi connectivity index (χ2n) is 4.68. The maximum atomic E-state index is 13.0. The molecule has 0 fully saturated rings. The lowest BCUT2D eigenvalue weighted by Crippen LogP contribution is -2.14. The molecule has 3 N–H and O–H groups in total. The van der Waals surface area contributed by atoms with Crippen molar-refractivity contribution < 1.29 is 12.8 Å². The van der Waals surface area contributed by atoms with Gasteiger partial charge in [0.05, 0.1) is 10.6 Å². The van der Waals surface area contributed by atoms with Gasteiger partial charge in [0.25, 0.3) is 10.0 Å². The Balaban J connectivity index is 2.43. The predicted molar refractivity (Wildman–Crippen MR) is 82.5 cm³/mol. The first-order valence-electron chi connectivity index (χ1n) is 6.05. The van der Waals surface area contributed by atoms with Crippen LogP contribution in [-0.2, 0) is 10.0 Å². The molecule has 2 rings (SSSR count). The number of nitrogen functional groups attached to an aromatic ring is 1. The molecule has 0 unspecified atom stereocenters. The van der Waals surface area contributed by atoms with Crippen LogP contribution in [-0.4, -0.2) is 8.42 Å². The van der Waals surface area contributed by atoms with E-state index in [9.17, 15) is 12.8 Å². The lowest BCUT2D eigenvalue weighted by molar-refractivity contribution is 0.601. The van der Waals surface area contributed by atoms with Crippen LogP contribution in [0.15, 0.2) is 35.2 Å². The number of nitrogens with one attached hydrogen (secondary N) is 1. The predicted octanol–water partition coefficient (Wildman–Crippen LogP) is 3.48. The first-order chi connectivity index (χ1) is 9.70. The third-order valence-electron chi connectivity index (χ3n) is 3.10. The van der Waals surface area contributed by atoms with Crippen molar-refractivity contribution in [3.8, 4) is 0 Å². The van der Waals surface area contributed by atoms with Crippen LogP contribution in [0.2, 0.25) is 5.02 Å². The van der Waals surface area contributed by atoms with Crippen LogP contribution in [0.1, 0.15) is 11.1 Å². The largest absolute Gasteiger partial charge is 0.398 e. The van der Waals surface area contributed by atoms with Gasteiger partial charge in [0, 0.05) is 10.7 Å². The zero-order valence-electron chi connectivity index (χ0n) is 11.4. The van der Waals surface area contributed by atoms with Crippen molar-refractivity contribution in [2.24, 2.45) is 0 Å². The van der Waals surface area contributed by atoms with Crippen molar-refractivity contribution in [3.05, 3.63) is 52.3 Å². The van der Waals surface area contributed by atoms with Crippen LogP contribution >= 0.6 is 11.6 Å². The summed E-state index contributed by atoms with van der Waals surface area (Å²) in [4.78, 5) is -0.0423. The standard InChI is InChI=1S/C14H14ClFN2O2S/c1-8-5-10(16)3-4-14(8)18-21(19,20)11-6-12(15)9(2)13(17)7-11/h3-7,18H,17H2,1-2H3. The Morgan fingerprint density at radius 1 is 1.19 bits per heavy atom. The molecule has 2 aromatic carbocycles. The molecular weight excluding hydrogens is 315 g/mol. The molecule has 112 valence electrons. The Hall–Kier alpha value is -1.79. The van der Waals surface area contributed by atoms with Gasteiger partial charge < -0.3 is 5.73 Å². The lowest BCUT2D eigenvalue weighted by atomic mass is 10.2. The molecule has 0 aliphatic rings. The third kappa shape index (κ3) is 3.28. The first-order valence-corrected chi connectivity index (χ1v) is 7.91. The van der Waals surface area contributed by atoms with Gasteiger partial charge in [0.1, 0.15) is 5.82 Å². The topological polar surface area (TPSA) is 72.2 Å². The molecule has 0 aromatic heterocycles. The summed E-state index contributed by atoms with van der Waals surface area (Å²) in [6.45, 7) is 3.31. The number of halogens is 2. The molecule has 2 aromatic rings. The highest BCUT2D eigenvalue weighted by atomic mass is 35.5. The second-order valence-corrected chi connectivity index (χ2v) is 6.77. The molecule has 0 spiro atoms. The average molecular weight is 329 g/mol. The minimum atomic E-state index is -3.85. The van der Waals surface area contributed by atoms with E-state index in [1.807, 2.05) is 0 Å². The maximum absolute atomic E-state index is 13.0. The zero-order valence-corrected chi connectivity index (χ0v) is 13.0. The number of hydrogen-bond acceptors (Lipinski definition) is 3. The number of sulfonamides is 1. The van der Waals surface area contributed by atoms with E-state index in [0.717, 1.165) is 0 Å². The van der Waals surface area contributed by atoms with Gasteiger partial charge in [0.15, 0.2) is 0 Å². The smallest absolute Gasteiger partial charge is 0.262 e. The highest BCUT2D eigenvalue weighted by molar-refractivity contribution is 7.92. The highest BCUT2D eigenvalue weighted by Gasteiger charge is 2.18. The van der Waals surface area contributed by atoms with Crippen LogP contribution in [0.25, 0.3) is 0 Å². The number of nitrogens with two attached hydrogens (primary N) is 1. The van der Waals surface area contributed by atoms with Crippen molar-refractivity contribution in [2.75, 3.05) is 10.5 Å². The summed E-state index contributed by atoms with van der Waals surface area (Å²) >= 11 is 5.96. The van der Waals surface area contributed by atoms with Crippen molar-refractivity contribution >= 4 is 33.0 Å². The summed E-state index contributed by atoms with van der Waals surface area (Å²) < 4.78 is 40.1. The van der Waals surface area contributed by atoms with Crippen LogP contribution in [0.5, 0.6) is 0 Å². The van der Waals surface area contributed by atoms with E-state index in [-0.39, 0.29) is 9.92 Å². The Morgan fingerprint density at radius 2 is 1.86 bits per heavy atom. The molecule has 0 saturated carbocycles. The molecule has 21 heavy (non-hydrogen) atoms. The molecule has 0 bridgehead atoms. The number of aryl methyl sites for hydroxylation is 1. The minimum absolute atomic E-state index is 0.0423. The van der Waals surface area contributed by atoms with Gasteiger partial charge in [-0.3, -0.25) is 4.72 Å².